The average molecular weight is 249 g/mol. The zero-order chi connectivity index (χ0) is 13.8. The molecule has 1 aromatic rings. The Hall–Kier alpha value is -1.02. The molecule has 102 valence electrons. The fourth-order valence-corrected chi connectivity index (χ4v) is 2.00. The Labute approximate surface area is 112 Å². The second kappa shape index (κ2) is 6.24. The van der Waals surface area contributed by atoms with E-state index in [1.807, 2.05) is 6.92 Å². The van der Waals surface area contributed by atoms with Crippen LogP contribution in [0.2, 0.25) is 0 Å². The molecule has 0 saturated heterocycles. The highest BCUT2D eigenvalue weighted by Crippen LogP contribution is 2.23. The lowest BCUT2D eigenvalue weighted by Crippen LogP contribution is -2.37. The molecule has 0 radical (unpaired) electrons. The number of hydrogen-bond donors (Lipinski definition) is 1. The van der Waals surface area contributed by atoms with Crippen molar-refractivity contribution in [2.45, 2.75) is 53.5 Å². The molecule has 1 aromatic carbocycles. The molecule has 2 heteroatoms. The molecular weight excluding hydrogens is 222 g/mol. The van der Waals surface area contributed by atoms with Gasteiger partial charge < -0.3 is 10.1 Å². The predicted molar refractivity (Wildman–Crippen MR) is 78.5 cm³/mol. The molecule has 2 nitrogen and oxygen atoms in total. The van der Waals surface area contributed by atoms with Gasteiger partial charge in [-0.05, 0) is 77.3 Å². The first-order valence-electron chi connectivity index (χ1n) is 6.81. The molecule has 1 N–H and O–H groups in total. The van der Waals surface area contributed by atoms with Crippen LogP contribution in [0, 0.1) is 13.8 Å². The van der Waals surface area contributed by atoms with Gasteiger partial charge in [0, 0.05) is 5.54 Å². The quantitative estimate of drug-likeness (QED) is 0.860. The van der Waals surface area contributed by atoms with E-state index >= 15 is 0 Å². The molecule has 0 spiro atoms. The molecule has 0 fully saturated rings. The molecule has 0 heterocycles. The summed E-state index contributed by atoms with van der Waals surface area (Å²) in [6, 6.07) is 4.41. The predicted octanol–water partition coefficient (Wildman–Crippen LogP) is 3.63. The lowest BCUT2D eigenvalue weighted by molar-refractivity contribution is 0.337. The van der Waals surface area contributed by atoms with Crippen molar-refractivity contribution in [1.29, 1.82) is 0 Å². The third-order valence-electron chi connectivity index (χ3n) is 2.98. The minimum absolute atomic E-state index is 0.189. The molecule has 0 bridgehead atoms. The summed E-state index contributed by atoms with van der Waals surface area (Å²) in [5.74, 6) is 1.02. The van der Waals surface area contributed by atoms with E-state index in [1.54, 1.807) is 0 Å². The monoisotopic (exact) mass is 249 g/mol. The number of benzene rings is 1. The summed E-state index contributed by atoms with van der Waals surface area (Å²) in [5.41, 5.74) is 4.15. The number of ether oxygens (including phenoxy) is 1. The van der Waals surface area contributed by atoms with Gasteiger partial charge in [0.1, 0.15) is 5.75 Å². The minimum Gasteiger partial charge on any atom is -0.494 e. The first kappa shape index (κ1) is 15.0. The van der Waals surface area contributed by atoms with Crippen LogP contribution in [0.15, 0.2) is 12.1 Å². The second-order valence-electron chi connectivity index (χ2n) is 5.90. The lowest BCUT2D eigenvalue weighted by Gasteiger charge is -2.21. The summed E-state index contributed by atoms with van der Waals surface area (Å²) in [6.45, 7) is 14.6. The minimum atomic E-state index is 0.189. The van der Waals surface area contributed by atoms with Crippen LogP contribution in [0.25, 0.3) is 0 Å². The van der Waals surface area contributed by atoms with Crippen molar-refractivity contribution in [1.82, 2.24) is 5.32 Å². The number of rotatable bonds is 5. The van der Waals surface area contributed by atoms with Crippen molar-refractivity contribution >= 4 is 0 Å². The van der Waals surface area contributed by atoms with E-state index < -0.39 is 0 Å². The molecule has 0 aliphatic carbocycles. The van der Waals surface area contributed by atoms with Gasteiger partial charge in [0.05, 0.1) is 6.61 Å². The highest BCUT2D eigenvalue weighted by Gasteiger charge is 2.09. The summed E-state index contributed by atoms with van der Waals surface area (Å²) in [7, 11) is 0. The molecule has 0 aliphatic rings. The summed E-state index contributed by atoms with van der Waals surface area (Å²) < 4.78 is 5.62. The van der Waals surface area contributed by atoms with Crippen molar-refractivity contribution in [3.63, 3.8) is 0 Å². The SMILES string of the molecule is CCOc1cc(C)c(CCNC(C)(C)C)cc1C. The summed E-state index contributed by atoms with van der Waals surface area (Å²) in [5, 5.41) is 3.53. The van der Waals surface area contributed by atoms with Crippen molar-refractivity contribution in [3.8, 4) is 5.75 Å². The van der Waals surface area contributed by atoms with Crippen LogP contribution in [-0.2, 0) is 6.42 Å². The van der Waals surface area contributed by atoms with Crippen LogP contribution in [0.4, 0.5) is 0 Å². The number of aryl methyl sites for hydroxylation is 2. The fraction of sp³-hybridized carbons (Fsp3) is 0.625. The Balaban J connectivity index is 2.70. The summed E-state index contributed by atoms with van der Waals surface area (Å²) in [6.07, 6.45) is 1.07. The van der Waals surface area contributed by atoms with Crippen molar-refractivity contribution in [3.05, 3.63) is 28.8 Å². The zero-order valence-electron chi connectivity index (χ0n) is 12.7. The van der Waals surface area contributed by atoms with E-state index in [0.29, 0.717) is 0 Å². The molecule has 0 amide bonds. The Morgan fingerprint density at radius 2 is 1.78 bits per heavy atom. The Morgan fingerprint density at radius 1 is 1.11 bits per heavy atom. The van der Waals surface area contributed by atoms with Gasteiger partial charge >= 0.3 is 0 Å². The normalized spacial score (nSPS) is 11.7. The largest absolute Gasteiger partial charge is 0.494 e. The van der Waals surface area contributed by atoms with Gasteiger partial charge in [-0.15, -0.1) is 0 Å². The summed E-state index contributed by atoms with van der Waals surface area (Å²) in [4.78, 5) is 0. The zero-order valence-corrected chi connectivity index (χ0v) is 12.7. The van der Waals surface area contributed by atoms with E-state index in [0.717, 1.165) is 25.3 Å². The van der Waals surface area contributed by atoms with Gasteiger partial charge in [0.2, 0.25) is 0 Å². The van der Waals surface area contributed by atoms with Crippen molar-refractivity contribution in [2.24, 2.45) is 0 Å². The maximum atomic E-state index is 5.62. The Bertz CT molecular complexity index is 391. The molecule has 0 saturated carbocycles. The molecule has 0 aliphatic heterocycles. The van der Waals surface area contributed by atoms with Crippen LogP contribution >= 0.6 is 0 Å². The molecule has 0 atom stereocenters. The molecule has 18 heavy (non-hydrogen) atoms. The van der Waals surface area contributed by atoms with Crippen molar-refractivity contribution < 1.29 is 4.74 Å². The van der Waals surface area contributed by atoms with E-state index in [4.69, 9.17) is 4.74 Å². The number of nitrogens with one attached hydrogen (secondary N) is 1. The average Bonchev–Trinajstić information content (AvgIpc) is 2.23. The first-order valence-corrected chi connectivity index (χ1v) is 6.81. The fourth-order valence-electron chi connectivity index (χ4n) is 2.00. The van der Waals surface area contributed by atoms with Gasteiger partial charge in [-0.2, -0.15) is 0 Å². The summed E-state index contributed by atoms with van der Waals surface area (Å²) >= 11 is 0. The second-order valence-corrected chi connectivity index (χ2v) is 5.90. The Kier molecular flexibility index (Phi) is 5.21. The van der Waals surface area contributed by atoms with Crippen LogP contribution < -0.4 is 10.1 Å². The van der Waals surface area contributed by atoms with Crippen LogP contribution in [0.5, 0.6) is 5.75 Å². The van der Waals surface area contributed by atoms with Crippen molar-refractivity contribution in [2.75, 3.05) is 13.2 Å². The maximum absolute atomic E-state index is 5.62. The van der Waals surface area contributed by atoms with E-state index in [9.17, 15) is 0 Å². The standard InChI is InChI=1S/C16H27NO/c1-7-18-15-11-12(2)14(10-13(15)3)8-9-17-16(4,5)6/h10-11,17H,7-9H2,1-6H3. The van der Waals surface area contributed by atoms with Crippen LogP contribution in [-0.4, -0.2) is 18.7 Å². The van der Waals surface area contributed by atoms with Gasteiger partial charge in [-0.25, -0.2) is 0 Å². The molecular formula is C16H27NO. The first-order chi connectivity index (χ1) is 8.33. The van der Waals surface area contributed by atoms with E-state index in [2.05, 4.69) is 52.1 Å². The van der Waals surface area contributed by atoms with Gasteiger partial charge in [-0.1, -0.05) is 6.07 Å². The highest BCUT2D eigenvalue weighted by molar-refractivity contribution is 5.41. The maximum Gasteiger partial charge on any atom is 0.122 e. The number of hydrogen-bond acceptors (Lipinski definition) is 2. The topological polar surface area (TPSA) is 21.3 Å². The smallest absolute Gasteiger partial charge is 0.122 e. The highest BCUT2D eigenvalue weighted by atomic mass is 16.5. The Morgan fingerprint density at radius 3 is 2.33 bits per heavy atom. The van der Waals surface area contributed by atoms with Gasteiger partial charge in [0.25, 0.3) is 0 Å². The van der Waals surface area contributed by atoms with E-state index in [1.165, 1.54) is 16.7 Å². The third kappa shape index (κ3) is 4.69. The third-order valence-corrected chi connectivity index (χ3v) is 2.98. The molecule has 0 unspecified atom stereocenters. The lowest BCUT2D eigenvalue weighted by atomic mass is 10.0. The molecule has 1 rings (SSSR count). The van der Waals surface area contributed by atoms with Gasteiger partial charge in [-0.3, -0.25) is 0 Å². The van der Waals surface area contributed by atoms with E-state index in [-0.39, 0.29) is 5.54 Å². The van der Waals surface area contributed by atoms with Gasteiger partial charge in [0.15, 0.2) is 0 Å². The van der Waals surface area contributed by atoms with Crippen LogP contribution in [0.3, 0.4) is 0 Å². The molecule has 0 aromatic heterocycles. The van der Waals surface area contributed by atoms with Crippen LogP contribution in [0.1, 0.15) is 44.4 Å².